The number of nitrogens with zero attached hydrogens (tertiary/aromatic N) is 3. The summed E-state index contributed by atoms with van der Waals surface area (Å²) in [5.74, 6) is -0.243. The lowest BCUT2D eigenvalue weighted by atomic mass is 9.73. The van der Waals surface area contributed by atoms with E-state index in [9.17, 15) is 9.90 Å². The van der Waals surface area contributed by atoms with Crippen LogP contribution >= 0.6 is 0 Å². The van der Waals surface area contributed by atoms with Gasteiger partial charge in [-0.3, -0.25) is 0 Å². The lowest BCUT2D eigenvalue weighted by Crippen LogP contribution is -2.45. The lowest BCUT2D eigenvalue weighted by Gasteiger charge is -2.37. The number of aromatic nitrogens is 2. The van der Waals surface area contributed by atoms with Gasteiger partial charge in [-0.15, -0.1) is 0 Å². The quantitative estimate of drug-likeness (QED) is 0.548. The highest BCUT2D eigenvalue weighted by molar-refractivity contribution is 5.81. The molecular formula is C27H37N3O3. The largest absolute Gasteiger partial charge is 0.463 e. The van der Waals surface area contributed by atoms with Gasteiger partial charge in [-0.1, -0.05) is 49.6 Å². The zero-order valence-electron chi connectivity index (χ0n) is 19.6. The van der Waals surface area contributed by atoms with E-state index in [1.54, 1.807) is 6.33 Å². The van der Waals surface area contributed by atoms with Gasteiger partial charge in [0.05, 0.1) is 6.61 Å². The molecule has 1 aliphatic carbocycles. The third-order valence-corrected chi connectivity index (χ3v) is 7.33. The average Bonchev–Trinajstić information content (AvgIpc) is 3.38. The van der Waals surface area contributed by atoms with Crippen molar-refractivity contribution in [1.29, 1.82) is 0 Å². The number of carbonyl (C=O) groups excluding carboxylic acids is 1. The lowest BCUT2D eigenvalue weighted by molar-refractivity contribution is -0.176. The highest BCUT2D eigenvalue weighted by atomic mass is 16.5. The Morgan fingerprint density at radius 2 is 1.76 bits per heavy atom. The summed E-state index contributed by atoms with van der Waals surface area (Å²) >= 11 is 0. The van der Waals surface area contributed by atoms with Gasteiger partial charge in [-0.05, 0) is 68.7 Å². The monoisotopic (exact) mass is 451 g/mol. The maximum absolute atomic E-state index is 13.3. The minimum atomic E-state index is -1.57. The molecule has 2 heterocycles. The van der Waals surface area contributed by atoms with Crippen molar-refractivity contribution in [2.75, 3.05) is 26.2 Å². The molecule has 1 aromatic carbocycles. The van der Waals surface area contributed by atoms with Crippen LogP contribution in [0.4, 0.5) is 0 Å². The highest BCUT2D eigenvalue weighted by Gasteiger charge is 2.47. The van der Waals surface area contributed by atoms with Crippen molar-refractivity contribution < 1.29 is 14.6 Å². The fourth-order valence-corrected chi connectivity index (χ4v) is 5.52. The highest BCUT2D eigenvalue weighted by Crippen LogP contribution is 2.40. The SMILES string of the molecule is O=C(OCC[C@@H](Cc1cncnc1)CN1CCCC1)C(O)(c1ccccc1)C1CCCCC1. The summed E-state index contributed by atoms with van der Waals surface area (Å²) in [6.07, 6.45) is 14.4. The van der Waals surface area contributed by atoms with E-state index >= 15 is 0 Å². The number of carbonyl (C=O) groups is 1. The molecule has 1 saturated carbocycles. The zero-order chi connectivity index (χ0) is 22.9. The average molecular weight is 452 g/mol. The Kier molecular flexibility index (Phi) is 8.46. The second kappa shape index (κ2) is 11.7. The summed E-state index contributed by atoms with van der Waals surface area (Å²) in [4.78, 5) is 24.2. The first-order valence-electron chi connectivity index (χ1n) is 12.6. The van der Waals surface area contributed by atoms with Gasteiger partial charge in [0.1, 0.15) is 6.33 Å². The van der Waals surface area contributed by atoms with Crippen LogP contribution in [0, 0.1) is 11.8 Å². The van der Waals surface area contributed by atoms with Gasteiger partial charge in [0.15, 0.2) is 5.60 Å². The van der Waals surface area contributed by atoms with Gasteiger partial charge in [-0.25, -0.2) is 14.8 Å². The van der Waals surface area contributed by atoms with Crippen LogP contribution in [0.15, 0.2) is 49.1 Å². The van der Waals surface area contributed by atoms with Gasteiger partial charge in [0.25, 0.3) is 0 Å². The summed E-state index contributed by atoms with van der Waals surface area (Å²) in [6, 6.07) is 9.37. The third kappa shape index (κ3) is 6.18. The van der Waals surface area contributed by atoms with Crippen molar-refractivity contribution in [3.63, 3.8) is 0 Å². The number of likely N-dealkylation sites (tertiary alicyclic amines) is 1. The van der Waals surface area contributed by atoms with E-state index in [2.05, 4.69) is 14.9 Å². The Morgan fingerprint density at radius 1 is 1.06 bits per heavy atom. The van der Waals surface area contributed by atoms with Crippen LogP contribution in [0.25, 0.3) is 0 Å². The van der Waals surface area contributed by atoms with Crippen molar-refractivity contribution in [1.82, 2.24) is 14.9 Å². The number of rotatable bonds is 10. The van der Waals surface area contributed by atoms with Crippen LogP contribution in [0.2, 0.25) is 0 Å². The molecule has 1 aliphatic heterocycles. The molecule has 178 valence electrons. The maximum Gasteiger partial charge on any atom is 0.343 e. The van der Waals surface area contributed by atoms with Crippen LogP contribution in [0.1, 0.15) is 62.5 Å². The minimum absolute atomic E-state index is 0.0944. The van der Waals surface area contributed by atoms with Crippen LogP contribution in [0.5, 0.6) is 0 Å². The van der Waals surface area contributed by atoms with Crippen LogP contribution < -0.4 is 0 Å². The predicted octanol–water partition coefficient (Wildman–Crippen LogP) is 4.13. The van der Waals surface area contributed by atoms with Gasteiger partial charge in [0.2, 0.25) is 0 Å². The number of hydrogen-bond donors (Lipinski definition) is 1. The van der Waals surface area contributed by atoms with E-state index in [1.165, 1.54) is 12.8 Å². The summed E-state index contributed by atoms with van der Waals surface area (Å²) in [5.41, 5.74) is 0.187. The number of hydrogen-bond acceptors (Lipinski definition) is 6. The van der Waals surface area contributed by atoms with E-state index in [0.717, 1.165) is 70.1 Å². The number of ether oxygens (including phenoxy) is 1. The molecule has 1 unspecified atom stereocenters. The van der Waals surface area contributed by atoms with Crippen molar-refractivity contribution in [2.24, 2.45) is 11.8 Å². The van der Waals surface area contributed by atoms with E-state index in [1.807, 2.05) is 42.7 Å². The second-order valence-corrected chi connectivity index (χ2v) is 9.72. The normalized spacial score (nSPS) is 20.3. The Morgan fingerprint density at radius 3 is 2.45 bits per heavy atom. The standard InChI is InChI=1S/C27H37N3O3/c31-26(27(32,24-9-3-1-4-10-24)25-11-5-2-6-12-25)33-16-13-22(20-30-14-7-8-15-30)17-23-18-28-21-29-19-23/h1,3-4,9-10,18-19,21-22,25,32H,2,5-8,11-17,20H2/t22-,27?/m0/s1. The molecule has 2 aliphatic rings. The van der Waals surface area contributed by atoms with E-state index in [4.69, 9.17) is 4.74 Å². The fraction of sp³-hybridized carbons (Fsp3) is 0.593. The summed E-state index contributed by atoms with van der Waals surface area (Å²) in [5, 5.41) is 11.7. The fourth-order valence-electron chi connectivity index (χ4n) is 5.52. The van der Waals surface area contributed by atoms with Crippen molar-refractivity contribution in [2.45, 2.75) is 63.4 Å². The first-order chi connectivity index (χ1) is 16.2. The summed E-state index contributed by atoms with van der Waals surface area (Å²) < 4.78 is 5.81. The Hall–Kier alpha value is -2.31. The summed E-state index contributed by atoms with van der Waals surface area (Å²) in [6.45, 7) is 3.57. The Balaban J connectivity index is 1.41. The van der Waals surface area contributed by atoms with Gasteiger partial charge < -0.3 is 14.7 Å². The van der Waals surface area contributed by atoms with Crippen molar-refractivity contribution in [3.8, 4) is 0 Å². The Bertz CT molecular complexity index is 851. The van der Waals surface area contributed by atoms with Gasteiger partial charge in [0, 0.05) is 24.9 Å². The molecule has 2 atom stereocenters. The third-order valence-electron chi connectivity index (χ3n) is 7.33. The van der Waals surface area contributed by atoms with Crippen molar-refractivity contribution >= 4 is 5.97 Å². The number of benzene rings is 1. The van der Waals surface area contributed by atoms with E-state index in [-0.39, 0.29) is 5.92 Å². The second-order valence-electron chi connectivity index (χ2n) is 9.72. The molecule has 0 amide bonds. The molecule has 0 bridgehead atoms. The number of aliphatic hydroxyl groups is 1. The molecule has 1 saturated heterocycles. The molecular weight excluding hydrogens is 414 g/mol. The maximum atomic E-state index is 13.3. The Labute approximate surface area is 197 Å². The smallest absolute Gasteiger partial charge is 0.343 e. The van der Waals surface area contributed by atoms with Crippen LogP contribution in [-0.4, -0.2) is 52.2 Å². The molecule has 6 heteroatoms. The summed E-state index contributed by atoms with van der Waals surface area (Å²) in [7, 11) is 0. The molecule has 0 radical (unpaired) electrons. The molecule has 0 spiro atoms. The van der Waals surface area contributed by atoms with Crippen LogP contribution in [-0.2, 0) is 21.6 Å². The molecule has 4 rings (SSSR count). The molecule has 2 fully saturated rings. The van der Waals surface area contributed by atoms with E-state index < -0.39 is 11.6 Å². The van der Waals surface area contributed by atoms with Crippen LogP contribution in [0.3, 0.4) is 0 Å². The zero-order valence-corrected chi connectivity index (χ0v) is 19.6. The predicted molar refractivity (Wildman–Crippen MR) is 127 cm³/mol. The first kappa shape index (κ1) is 23.8. The molecule has 33 heavy (non-hydrogen) atoms. The molecule has 1 aromatic heterocycles. The number of esters is 1. The minimum Gasteiger partial charge on any atom is -0.463 e. The topological polar surface area (TPSA) is 75.5 Å². The molecule has 2 aromatic rings. The van der Waals surface area contributed by atoms with Gasteiger partial charge in [-0.2, -0.15) is 0 Å². The van der Waals surface area contributed by atoms with Crippen molar-refractivity contribution in [3.05, 3.63) is 60.2 Å². The molecule has 6 nitrogen and oxygen atoms in total. The molecule has 1 N–H and O–H groups in total. The first-order valence-corrected chi connectivity index (χ1v) is 12.6. The van der Waals surface area contributed by atoms with E-state index in [0.29, 0.717) is 18.1 Å². The van der Waals surface area contributed by atoms with Gasteiger partial charge >= 0.3 is 5.97 Å².